The molecule has 1 aromatic heterocycles. The van der Waals surface area contributed by atoms with Gasteiger partial charge in [-0.15, -0.1) is 0 Å². The van der Waals surface area contributed by atoms with E-state index in [4.69, 9.17) is 0 Å². The molecule has 3 aromatic rings. The van der Waals surface area contributed by atoms with Crippen molar-refractivity contribution in [1.29, 1.82) is 0 Å². The lowest BCUT2D eigenvalue weighted by molar-refractivity contribution is 0.102. The van der Waals surface area contributed by atoms with Crippen molar-refractivity contribution in [2.24, 2.45) is 0 Å². The molecule has 0 atom stereocenters. The van der Waals surface area contributed by atoms with Crippen LogP contribution >= 0.6 is 0 Å². The minimum atomic E-state index is -0.143. The summed E-state index contributed by atoms with van der Waals surface area (Å²) in [6.45, 7) is 2.03. The van der Waals surface area contributed by atoms with Gasteiger partial charge in [-0.2, -0.15) is 5.10 Å². The SMILES string of the molecule is CCc1cc(NC(=O)c2cccc3ccccc23)n[nH]1. The average molecular weight is 265 g/mol. The number of amides is 1. The second-order valence-corrected chi connectivity index (χ2v) is 4.61. The van der Waals surface area contributed by atoms with Crippen LogP contribution in [0, 0.1) is 0 Å². The quantitative estimate of drug-likeness (QED) is 0.762. The fraction of sp³-hybridized carbons (Fsp3) is 0.125. The predicted molar refractivity (Wildman–Crippen MR) is 79.9 cm³/mol. The van der Waals surface area contributed by atoms with Gasteiger partial charge in [-0.25, -0.2) is 0 Å². The van der Waals surface area contributed by atoms with Crippen molar-refractivity contribution in [3.8, 4) is 0 Å². The largest absolute Gasteiger partial charge is 0.305 e. The number of anilines is 1. The fourth-order valence-electron chi connectivity index (χ4n) is 2.21. The number of fused-ring (bicyclic) bond motifs is 1. The highest BCUT2D eigenvalue weighted by molar-refractivity contribution is 6.12. The van der Waals surface area contributed by atoms with E-state index in [-0.39, 0.29) is 5.91 Å². The lowest BCUT2D eigenvalue weighted by Crippen LogP contribution is -2.12. The molecule has 3 rings (SSSR count). The van der Waals surface area contributed by atoms with E-state index in [9.17, 15) is 4.79 Å². The molecule has 2 N–H and O–H groups in total. The maximum absolute atomic E-state index is 12.4. The normalized spacial score (nSPS) is 10.7. The molecule has 0 saturated carbocycles. The Bertz CT molecular complexity index is 756. The smallest absolute Gasteiger partial charge is 0.257 e. The zero-order valence-corrected chi connectivity index (χ0v) is 11.2. The minimum Gasteiger partial charge on any atom is -0.305 e. The average Bonchev–Trinajstić information content (AvgIpc) is 2.94. The van der Waals surface area contributed by atoms with Crippen molar-refractivity contribution >= 4 is 22.5 Å². The number of aromatic nitrogens is 2. The van der Waals surface area contributed by atoms with Crippen LogP contribution in [0.1, 0.15) is 23.0 Å². The van der Waals surface area contributed by atoms with Gasteiger partial charge in [-0.1, -0.05) is 43.3 Å². The van der Waals surface area contributed by atoms with Crippen molar-refractivity contribution in [3.05, 3.63) is 59.8 Å². The second kappa shape index (κ2) is 5.17. The summed E-state index contributed by atoms with van der Waals surface area (Å²) >= 11 is 0. The highest BCUT2D eigenvalue weighted by Gasteiger charge is 2.11. The molecule has 0 aliphatic heterocycles. The Hall–Kier alpha value is -2.62. The molecule has 4 nitrogen and oxygen atoms in total. The molecule has 1 heterocycles. The van der Waals surface area contributed by atoms with E-state index in [2.05, 4.69) is 15.5 Å². The number of nitrogens with one attached hydrogen (secondary N) is 2. The first kappa shape index (κ1) is 12.4. The molecule has 1 amide bonds. The number of carbonyl (C=O) groups excluding carboxylic acids is 1. The summed E-state index contributed by atoms with van der Waals surface area (Å²) in [4.78, 5) is 12.4. The van der Waals surface area contributed by atoms with Crippen LogP contribution in [0.3, 0.4) is 0 Å². The number of nitrogens with zero attached hydrogens (tertiary/aromatic N) is 1. The zero-order chi connectivity index (χ0) is 13.9. The third kappa shape index (κ3) is 2.28. The van der Waals surface area contributed by atoms with E-state index in [0.717, 1.165) is 22.9 Å². The van der Waals surface area contributed by atoms with E-state index >= 15 is 0 Å². The Balaban J connectivity index is 1.92. The molecule has 0 bridgehead atoms. The van der Waals surface area contributed by atoms with Gasteiger partial charge >= 0.3 is 0 Å². The first-order valence-electron chi connectivity index (χ1n) is 6.61. The molecule has 0 saturated heterocycles. The lowest BCUT2D eigenvalue weighted by atomic mass is 10.0. The number of aryl methyl sites for hydroxylation is 1. The van der Waals surface area contributed by atoms with Gasteiger partial charge in [0.05, 0.1) is 0 Å². The molecule has 0 aliphatic carbocycles. The van der Waals surface area contributed by atoms with Crippen LogP contribution in [0.2, 0.25) is 0 Å². The van der Waals surface area contributed by atoms with E-state index in [1.807, 2.05) is 55.5 Å². The molecular formula is C16H15N3O. The molecule has 0 unspecified atom stereocenters. The Kier molecular flexibility index (Phi) is 3.21. The third-order valence-corrected chi connectivity index (χ3v) is 3.29. The fourth-order valence-corrected chi connectivity index (χ4v) is 2.21. The first-order valence-corrected chi connectivity index (χ1v) is 6.61. The molecule has 20 heavy (non-hydrogen) atoms. The van der Waals surface area contributed by atoms with Crippen molar-refractivity contribution in [2.75, 3.05) is 5.32 Å². The molecule has 0 spiro atoms. The van der Waals surface area contributed by atoms with Crippen LogP contribution in [0.25, 0.3) is 10.8 Å². The summed E-state index contributed by atoms with van der Waals surface area (Å²) in [5.74, 6) is 0.413. The predicted octanol–water partition coefficient (Wildman–Crippen LogP) is 3.38. The Labute approximate surface area is 116 Å². The summed E-state index contributed by atoms with van der Waals surface area (Å²) in [5.41, 5.74) is 1.65. The first-order chi connectivity index (χ1) is 9.78. The summed E-state index contributed by atoms with van der Waals surface area (Å²) in [5, 5.41) is 11.8. The Morgan fingerprint density at radius 2 is 2.00 bits per heavy atom. The monoisotopic (exact) mass is 265 g/mol. The standard InChI is InChI=1S/C16H15N3O/c1-2-12-10-15(19-18-12)17-16(20)14-9-5-7-11-6-3-4-8-13(11)14/h3-10H,2H2,1H3,(H2,17,18,19,20). The molecule has 100 valence electrons. The van der Waals surface area contributed by atoms with Crippen LogP contribution < -0.4 is 5.32 Å². The van der Waals surface area contributed by atoms with Gasteiger partial charge in [-0.05, 0) is 23.3 Å². The highest BCUT2D eigenvalue weighted by atomic mass is 16.1. The van der Waals surface area contributed by atoms with Crippen LogP contribution in [-0.2, 0) is 6.42 Å². The maximum atomic E-state index is 12.4. The Morgan fingerprint density at radius 1 is 1.20 bits per heavy atom. The topological polar surface area (TPSA) is 57.8 Å². The molecule has 0 radical (unpaired) electrons. The summed E-state index contributed by atoms with van der Waals surface area (Å²) in [6, 6.07) is 15.4. The number of carbonyl (C=O) groups is 1. The number of hydrogen-bond acceptors (Lipinski definition) is 2. The van der Waals surface area contributed by atoms with Gasteiger partial charge in [0.25, 0.3) is 5.91 Å². The summed E-state index contributed by atoms with van der Waals surface area (Å²) < 4.78 is 0. The van der Waals surface area contributed by atoms with E-state index in [0.29, 0.717) is 11.4 Å². The number of benzene rings is 2. The van der Waals surface area contributed by atoms with Crippen LogP contribution in [-0.4, -0.2) is 16.1 Å². The third-order valence-electron chi connectivity index (χ3n) is 3.29. The van der Waals surface area contributed by atoms with E-state index < -0.39 is 0 Å². The van der Waals surface area contributed by atoms with Crippen molar-refractivity contribution in [3.63, 3.8) is 0 Å². The van der Waals surface area contributed by atoms with Gasteiger partial charge in [0.1, 0.15) is 0 Å². The number of aromatic amines is 1. The molecular weight excluding hydrogens is 250 g/mol. The molecule has 2 aromatic carbocycles. The van der Waals surface area contributed by atoms with Gasteiger partial charge in [0.2, 0.25) is 0 Å². The van der Waals surface area contributed by atoms with E-state index in [1.165, 1.54) is 0 Å². The number of rotatable bonds is 3. The van der Waals surface area contributed by atoms with Crippen molar-refractivity contribution < 1.29 is 4.79 Å². The summed E-state index contributed by atoms with van der Waals surface area (Å²) in [7, 11) is 0. The minimum absolute atomic E-state index is 0.143. The zero-order valence-electron chi connectivity index (χ0n) is 11.2. The van der Waals surface area contributed by atoms with Crippen molar-refractivity contribution in [2.45, 2.75) is 13.3 Å². The second-order valence-electron chi connectivity index (χ2n) is 4.61. The van der Waals surface area contributed by atoms with Crippen LogP contribution in [0.4, 0.5) is 5.82 Å². The molecule has 0 aliphatic rings. The van der Waals surface area contributed by atoms with Gasteiger partial charge < -0.3 is 5.32 Å². The number of hydrogen-bond donors (Lipinski definition) is 2. The van der Waals surface area contributed by atoms with Crippen LogP contribution in [0.15, 0.2) is 48.5 Å². The highest BCUT2D eigenvalue weighted by Crippen LogP contribution is 2.19. The number of H-pyrrole nitrogens is 1. The van der Waals surface area contributed by atoms with Gasteiger partial charge in [0, 0.05) is 17.3 Å². The van der Waals surface area contributed by atoms with Crippen LogP contribution in [0.5, 0.6) is 0 Å². The summed E-state index contributed by atoms with van der Waals surface area (Å²) in [6.07, 6.45) is 0.858. The Morgan fingerprint density at radius 3 is 2.80 bits per heavy atom. The van der Waals surface area contributed by atoms with E-state index in [1.54, 1.807) is 0 Å². The lowest BCUT2D eigenvalue weighted by Gasteiger charge is -2.05. The van der Waals surface area contributed by atoms with Gasteiger partial charge in [-0.3, -0.25) is 9.89 Å². The maximum Gasteiger partial charge on any atom is 0.257 e. The molecule has 0 fully saturated rings. The van der Waals surface area contributed by atoms with Crippen molar-refractivity contribution in [1.82, 2.24) is 10.2 Å². The molecule has 4 heteroatoms. The van der Waals surface area contributed by atoms with Gasteiger partial charge in [0.15, 0.2) is 5.82 Å².